The van der Waals surface area contributed by atoms with Crippen LogP contribution in [0.15, 0.2) is 36.4 Å². The summed E-state index contributed by atoms with van der Waals surface area (Å²) in [5.41, 5.74) is 3.03. The standard InChI is InChI=1S/C14H12N2O2/c17-9-11-5-6-12(15-11)14(18)16-8-7-10-3-1-2-4-13(10)16/h1-6,9,15H,7-8H2. The Hall–Kier alpha value is -2.36. The van der Waals surface area contributed by atoms with Gasteiger partial charge in [0.1, 0.15) is 5.69 Å². The third-order valence-electron chi connectivity index (χ3n) is 3.20. The number of hydrogen-bond acceptors (Lipinski definition) is 2. The molecule has 0 spiro atoms. The van der Waals surface area contributed by atoms with Gasteiger partial charge in [-0.25, -0.2) is 0 Å². The molecule has 0 unspecified atom stereocenters. The molecule has 4 nitrogen and oxygen atoms in total. The van der Waals surface area contributed by atoms with Crippen LogP contribution in [0.5, 0.6) is 0 Å². The van der Waals surface area contributed by atoms with Crippen molar-refractivity contribution in [2.24, 2.45) is 0 Å². The maximum absolute atomic E-state index is 12.3. The molecule has 1 aliphatic rings. The van der Waals surface area contributed by atoms with Crippen molar-refractivity contribution < 1.29 is 9.59 Å². The summed E-state index contributed by atoms with van der Waals surface area (Å²) in [4.78, 5) is 27.5. The lowest BCUT2D eigenvalue weighted by Gasteiger charge is -2.16. The second-order valence-electron chi connectivity index (χ2n) is 4.28. The van der Waals surface area contributed by atoms with E-state index in [1.165, 1.54) is 5.56 Å². The minimum Gasteiger partial charge on any atom is -0.348 e. The van der Waals surface area contributed by atoms with Crippen molar-refractivity contribution in [3.8, 4) is 0 Å². The van der Waals surface area contributed by atoms with Gasteiger partial charge in [-0.15, -0.1) is 0 Å². The molecule has 90 valence electrons. The lowest BCUT2D eigenvalue weighted by atomic mass is 10.2. The van der Waals surface area contributed by atoms with Gasteiger partial charge in [-0.1, -0.05) is 18.2 Å². The van der Waals surface area contributed by atoms with Crippen LogP contribution in [0.4, 0.5) is 5.69 Å². The highest BCUT2D eigenvalue weighted by molar-refractivity contribution is 6.06. The van der Waals surface area contributed by atoms with E-state index in [0.29, 0.717) is 24.2 Å². The topological polar surface area (TPSA) is 53.2 Å². The van der Waals surface area contributed by atoms with E-state index in [1.54, 1.807) is 17.0 Å². The van der Waals surface area contributed by atoms with Gasteiger partial charge >= 0.3 is 0 Å². The van der Waals surface area contributed by atoms with Gasteiger partial charge in [-0.3, -0.25) is 9.59 Å². The molecule has 0 radical (unpaired) electrons. The van der Waals surface area contributed by atoms with E-state index in [4.69, 9.17) is 0 Å². The number of aldehydes is 1. The molecule has 1 aromatic heterocycles. The molecule has 1 aromatic carbocycles. The van der Waals surface area contributed by atoms with Crippen molar-refractivity contribution in [3.05, 3.63) is 53.3 Å². The number of carbonyl (C=O) groups excluding carboxylic acids is 2. The number of aromatic amines is 1. The first-order valence-corrected chi connectivity index (χ1v) is 5.83. The van der Waals surface area contributed by atoms with Crippen LogP contribution in [0.1, 0.15) is 26.5 Å². The predicted molar refractivity (Wildman–Crippen MR) is 68.0 cm³/mol. The van der Waals surface area contributed by atoms with E-state index < -0.39 is 0 Å². The summed E-state index contributed by atoms with van der Waals surface area (Å²) in [5.74, 6) is -0.0898. The number of hydrogen-bond donors (Lipinski definition) is 1. The van der Waals surface area contributed by atoms with Crippen molar-refractivity contribution in [1.82, 2.24) is 4.98 Å². The van der Waals surface area contributed by atoms with Gasteiger partial charge in [0, 0.05) is 12.2 Å². The number of nitrogens with zero attached hydrogens (tertiary/aromatic N) is 1. The fourth-order valence-corrected chi connectivity index (χ4v) is 2.30. The van der Waals surface area contributed by atoms with E-state index >= 15 is 0 Å². The number of fused-ring (bicyclic) bond motifs is 1. The molecule has 1 N–H and O–H groups in total. The van der Waals surface area contributed by atoms with Gasteiger partial charge < -0.3 is 9.88 Å². The number of amides is 1. The van der Waals surface area contributed by atoms with Crippen LogP contribution in [0.2, 0.25) is 0 Å². The molecule has 0 atom stereocenters. The minimum absolute atomic E-state index is 0.0898. The molecule has 4 heteroatoms. The average Bonchev–Trinajstić information content (AvgIpc) is 3.04. The number of aromatic nitrogens is 1. The summed E-state index contributed by atoms with van der Waals surface area (Å²) < 4.78 is 0. The van der Waals surface area contributed by atoms with Gasteiger partial charge in [0.25, 0.3) is 5.91 Å². The van der Waals surface area contributed by atoms with Crippen molar-refractivity contribution in [1.29, 1.82) is 0 Å². The largest absolute Gasteiger partial charge is 0.348 e. The number of anilines is 1. The third kappa shape index (κ3) is 1.62. The average molecular weight is 240 g/mol. The van der Waals surface area contributed by atoms with Crippen LogP contribution in [0.3, 0.4) is 0 Å². The fraction of sp³-hybridized carbons (Fsp3) is 0.143. The summed E-state index contributed by atoms with van der Waals surface area (Å²) in [5, 5.41) is 0. The van der Waals surface area contributed by atoms with E-state index in [2.05, 4.69) is 4.98 Å². The lowest BCUT2D eigenvalue weighted by Crippen LogP contribution is -2.29. The Morgan fingerprint density at radius 1 is 1.22 bits per heavy atom. The Labute approximate surface area is 104 Å². The molecular formula is C14H12N2O2. The number of H-pyrrole nitrogens is 1. The van der Waals surface area contributed by atoms with Crippen molar-refractivity contribution in [2.45, 2.75) is 6.42 Å². The molecule has 0 saturated carbocycles. The molecule has 0 saturated heterocycles. The quantitative estimate of drug-likeness (QED) is 0.816. The molecular weight excluding hydrogens is 228 g/mol. The number of para-hydroxylation sites is 1. The molecule has 1 amide bonds. The number of nitrogens with one attached hydrogen (secondary N) is 1. The summed E-state index contributed by atoms with van der Waals surface area (Å²) in [7, 11) is 0. The van der Waals surface area contributed by atoms with Crippen LogP contribution in [0, 0.1) is 0 Å². The van der Waals surface area contributed by atoms with Crippen LogP contribution in [-0.2, 0) is 6.42 Å². The zero-order valence-electron chi connectivity index (χ0n) is 9.72. The summed E-state index contributed by atoms with van der Waals surface area (Å²) in [6, 6.07) is 11.1. The Morgan fingerprint density at radius 3 is 2.83 bits per heavy atom. The van der Waals surface area contributed by atoms with Gasteiger partial charge in [0.05, 0.1) is 5.69 Å². The van der Waals surface area contributed by atoms with Crippen LogP contribution < -0.4 is 4.90 Å². The van der Waals surface area contributed by atoms with Crippen LogP contribution in [-0.4, -0.2) is 23.7 Å². The Bertz CT molecular complexity index is 616. The highest BCUT2D eigenvalue weighted by Gasteiger charge is 2.25. The van der Waals surface area contributed by atoms with Gasteiger partial charge in [0.15, 0.2) is 6.29 Å². The first-order valence-electron chi connectivity index (χ1n) is 5.83. The molecule has 1 aliphatic heterocycles. The van der Waals surface area contributed by atoms with Crippen LogP contribution >= 0.6 is 0 Å². The monoisotopic (exact) mass is 240 g/mol. The fourth-order valence-electron chi connectivity index (χ4n) is 2.30. The van der Waals surface area contributed by atoms with Crippen molar-refractivity contribution in [3.63, 3.8) is 0 Å². The molecule has 2 heterocycles. The number of rotatable bonds is 2. The second-order valence-corrected chi connectivity index (χ2v) is 4.28. The maximum atomic E-state index is 12.3. The molecule has 0 aliphatic carbocycles. The Balaban J connectivity index is 1.92. The Morgan fingerprint density at radius 2 is 2.06 bits per heavy atom. The zero-order chi connectivity index (χ0) is 12.5. The van der Waals surface area contributed by atoms with E-state index in [-0.39, 0.29) is 5.91 Å². The van der Waals surface area contributed by atoms with Crippen molar-refractivity contribution in [2.75, 3.05) is 11.4 Å². The van der Waals surface area contributed by atoms with Crippen molar-refractivity contribution >= 4 is 17.9 Å². The molecule has 3 rings (SSSR count). The highest BCUT2D eigenvalue weighted by Crippen LogP contribution is 2.28. The van der Waals surface area contributed by atoms with E-state index in [1.807, 2.05) is 24.3 Å². The molecule has 2 aromatic rings. The van der Waals surface area contributed by atoms with E-state index in [9.17, 15) is 9.59 Å². The molecule has 18 heavy (non-hydrogen) atoms. The lowest BCUT2D eigenvalue weighted by molar-refractivity contribution is 0.0985. The van der Waals surface area contributed by atoms with E-state index in [0.717, 1.165) is 12.1 Å². The molecule has 0 bridgehead atoms. The zero-order valence-corrected chi connectivity index (χ0v) is 9.72. The summed E-state index contributed by atoms with van der Waals surface area (Å²) in [6.07, 6.45) is 1.58. The Kier molecular flexibility index (Phi) is 2.48. The number of carbonyl (C=O) groups is 2. The minimum atomic E-state index is -0.0898. The molecule has 0 fully saturated rings. The normalized spacial score (nSPS) is 13.4. The smallest absolute Gasteiger partial charge is 0.274 e. The number of benzene rings is 1. The highest BCUT2D eigenvalue weighted by atomic mass is 16.2. The first-order chi connectivity index (χ1) is 8.79. The van der Waals surface area contributed by atoms with Crippen LogP contribution in [0.25, 0.3) is 0 Å². The van der Waals surface area contributed by atoms with Gasteiger partial charge in [-0.2, -0.15) is 0 Å². The summed E-state index contributed by atoms with van der Waals surface area (Å²) in [6.45, 7) is 0.688. The third-order valence-corrected chi connectivity index (χ3v) is 3.20. The SMILES string of the molecule is O=Cc1ccc(C(=O)N2CCc3ccccc32)[nH]1. The second kappa shape index (κ2) is 4.14. The van der Waals surface area contributed by atoms with Gasteiger partial charge in [-0.05, 0) is 30.2 Å². The van der Waals surface area contributed by atoms with Gasteiger partial charge in [0.2, 0.25) is 0 Å². The predicted octanol–water partition coefficient (Wildman–Crippen LogP) is 2.03. The first kappa shape index (κ1) is 10.8. The maximum Gasteiger partial charge on any atom is 0.274 e. The summed E-state index contributed by atoms with van der Waals surface area (Å²) >= 11 is 0.